The van der Waals surface area contributed by atoms with Crippen LogP contribution >= 0.6 is 0 Å². The molecule has 104 valence electrons. The maximum absolute atomic E-state index is 12.7. The Morgan fingerprint density at radius 1 is 1.35 bits per heavy atom. The second-order valence-electron chi connectivity index (χ2n) is 4.32. The van der Waals surface area contributed by atoms with E-state index in [1.54, 1.807) is 6.08 Å². The Balaban J connectivity index is 2.06. The number of halogens is 3. The van der Waals surface area contributed by atoms with Gasteiger partial charge in [0.05, 0.1) is 12.1 Å². The Labute approximate surface area is 110 Å². The summed E-state index contributed by atoms with van der Waals surface area (Å²) in [6, 6.07) is 1.03. The first-order valence-corrected chi connectivity index (χ1v) is 5.73. The van der Waals surface area contributed by atoms with E-state index in [1.807, 2.05) is 0 Å². The highest BCUT2D eigenvalue weighted by Crippen LogP contribution is 2.31. The van der Waals surface area contributed by atoms with Gasteiger partial charge >= 0.3 is 6.18 Å². The van der Waals surface area contributed by atoms with E-state index in [-0.39, 0.29) is 12.5 Å². The second kappa shape index (κ2) is 4.26. The van der Waals surface area contributed by atoms with Gasteiger partial charge in [0.1, 0.15) is 11.5 Å². The predicted octanol–water partition coefficient (Wildman–Crippen LogP) is 1.60. The molecule has 1 fully saturated rings. The van der Waals surface area contributed by atoms with Crippen molar-refractivity contribution >= 4 is 23.0 Å². The Morgan fingerprint density at radius 3 is 2.80 bits per heavy atom. The number of H-pyrrole nitrogens is 1. The summed E-state index contributed by atoms with van der Waals surface area (Å²) in [5, 5.41) is 5.70. The van der Waals surface area contributed by atoms with E-state index < -0.39 is 11.7 Å². The van der Waals surface area contributed by atoms with Crippen molar-refractivity contribution in [2.24, 2.45) is 0 Å². The maximum atomic E-state index is 12.7. The van der Waals surface area contributed by atoms with Gasteiger partial charge in [-0.1, -0.05) is 0 Å². The number of aromatic nitrogens is 2. The van der Waals surface area contributed by atoms with Crippen LogP contribution in [0.4, 0.5) is 13.2 Å². The fourth-order valence-electron chi connectivity index (χ4n) is 1.95. The zero-order chi connectivity index (χ0) is 14.3. The molecule has 1 saturated heterocycles. The molecule has 3 rings (SSSR count). The molecule has 3 heterocycles. The Bertz CT molecular complexity index is 717. The van der Waals surface area contributed by atoms with E-state index in [0.717, 1.165) is 12.3 Å². The van der Waals surface area contributed by atoms with Crippen molar-refractivity contribution in [2.75, 3.05) is 6.54 Å². The van der Waals surface area contributed by atoms with Gasteiger partial charge in [-0.05, 0) is 12.1 Å². The van der Waals surface area contributed by atoms with E-state index in [9.17, 15) is 18.0 Å². The minimum Gasteiger partial charge on any atom is -0.362 e. The summed E-state index contributed by atoms with van der Waals surface area (Å²) >= 11 is 0. The lowest BCUT2D eigenvalue weighted by Gasteiger charge is -2.05. The average molecular weight is 282 g/mol. The third kappa shape index (κ3) is 2.20. The molecule has 0 aromatic carbocycles. The van der Waals surface area contributed by atoms with Gasteiger partial charge in [-0.25, -0.2) is 4.98 Å². The number of carbonyl (C=O) groups is 1. The minimum atomic E-state index is -4.44. The number of aromatic amines is 1. The van der Waals surface area contributed by atoms with E-state index in [0.29, 0.717) is 22.4 Å². The van der Waals surface area contributed by atoms with Crippen LogP contribution in [0.25, 0.3) is 17.1 Å². The van der Waals surface area contributed by atoms with Crippen molar-refractivity contribution in [1.82, 2.24) is 20.6 Å². The maximum Gasteiger partial charge on any atom is 0.417 e. The smallest absolute Gasteiger partial charge is 0.362 e. The van der Waals surface area contributed by atoms with Gasteiger partial charge < -0.3 is 15.6 Å². The lowest BCUT2D eigenvalue weighted by molar-refractivity contribution is -0.137. The molecule has 0 aliphatic carbocycles. The molecule has 0 radical (unpaired) electrons. The SMILES string of the molecule is O=C1CNC(=Cc2c[nH]c3ncc(C(F)(F)F)cc23)N1. The molecule has 0 unspecified atom stereocenters. The predicted molar refractivity (Wildman–Crippen MR) is 65.2 cm³/mol. The van der Waals surface area contributed by atoms with E-state index in [4.69, 9.17) is 0 Å². The molecular weight excluding hydrogens is 273 g/mol. The Morgan fingerprint density at radius 2 is 2.15 bits per heavy atom. The topological polar surface area (TPSA) is 69.8 Å². The summed E-state index contributed by atoms with van der Waals surface area (Å²) < 4.78 is 38.0. The molecule has 8 heteroatoms. The number of nitrogens with zero attached hydrogens (tertiary/aromatic N) is 1. The summed E-state index contributed by atoms with van der Waals surface area (Å²) in [6.45, 7) is 0.153. The van der Waals surface area contributed by atoms with E-state index >= 15 is 0 Å². The molecule has 20 heavy (non-hydrogen) atoms. The highest BCUT2D eigenvalue weighted by atomic mass is 19.4. The number of alkyl halides is 3. The van der Waals surface area contributed by atoms with Crippen LogP contribution < -0.4 is 10.6 Å². The Hall–Kier alpha value is -2.51. The molecule has 1 amide bonds. The summed E-state index contributed by atoms with van der Waals surface area (Å²) in [7, 11) is 0. The molecule has 0 saturated carbocycles. The number of carbonyl (C=O) groups excluding carboxylic acids is 1. The van der Waals surface area contributed by atoms with Crippen molar-refractivity contribution in [3.8, 4) is 0 Å². The summed E-state index contributed by atoms with van der Waals surface area (Å²) in [5.74, 6) is 0.263. The van der Waals surface area contributed by atoms with Crippen molar-refractivity contribution in [2.45, 2.75) is 6.18 Å². The van der Waals surface area contributed by atoms with Crippen molar-refractivity contribution in [3.05, 3.63) is 35.4 Å². The number of hydrogen-bond donors (Lipinski definition) is 3. The second-order valence-corrected chi connectivity index (χ2v) is 4.32. The van der Waals surface area contributed by atoms with Crippen LogP contribution in [0.1, 0.15) is 11.1 Å². The fourth-order valence-corrected chi connectivity index (χ4v) is 1.95. The lowest BCUT2D eigenvalue weighted by Crippen LogP contribution is -2.13. The quantitative estimate of drug-likeness (QED) is 0.744. The summed E-state index contributed by atoms with van der Waals surface area (Å²) in [4.78, 5) is 17.6. The summed E-state index contributed by atoms with van der Waals surface area (Å²) in [5.41, 5.74) is 0.0603. The lowest BCUT2D eigenvalue weighted by atomic mass is 10.1. The summed E-state index contributed by atoms with van der Waals surface area (Å²) in [6.07, 6.45) is -0.559. The van der Waals surface area contributed by atoms with Crippen LogP contribution in [-0.4, -0.2) is 22.4 Å². The van der Waals surface area contributed by atoms with Crippen LogP contribution in [0.3, 0.4) is 0 Å². The average Bonchev–Trinajstić information content (AvgIpc) is 2.95. The van der Waals surface area contributed by atoms with Gasteiger partial charge in [0.15, 0.2) is 0 Å². The van der Waals surface area contributed by atoms with Crippen LogP contribution in [0.5, 0.6) is 0 Å². The number of amides is 1. The molecule has 0 spiro atoms. The molecule has 2 aromatic rings. The number of pyridine rings is 1. The van der Waals surface area contributed by atoms with Crippen molar-refractivity contribution in [1.29, 1.82) is 0 Å². The van der Waals surface area contributed by atoms with Crippen molar-refractivity contribution in [3.63, 3.8) is 0 Å². The molecule has 1 aliphatic rings. The number of nitrogens with one attached hydrogen (secondary N) is 3. The zero-order valence-corrected chi connectivity index (χ0v) is 10.0. The number of fused-ring (bicyclic) bond motifs is 1. The monoisotopic (exact) mass is 282 g/mol. The van der Waals surface area contributed by atoms with Gasteiger partial charge in [0, 0.05) is 23.3 Å². The third-order valence-electron chi connectivity index (χ3n) is 2.90. The fraction of sp³-hybridized carbons (Fsp3) is 0.167. The first-order valence-electron chi connectivity index (χ1n) is 5.73. The van der Waals surface area contributed by atoms with Gasteiger partial charge in [0.25, 0.3) is 0 Å². The van der Waals surface area contributed by atoms with Crippen LogP contribution in [0.15, 0.2) is 24.3 Å². The van der Waals surface area contributed by atoms with Gasteiger partial charge in [-0.3, -0.25) is 4.79 Å². The highest BCUT2D eigenvalue weighted by molar-refractivity contribution is 5.89. The Kier molecular flexibility index (Phi) is 2.66. The van der Waals surface area contributed by atoms with Gasteiger partial charge in [0.2, 0.25) is 5.91 Å². The van der Waals surface area contributed by atoms with Gasteiger partial charge in [-0.15, -0.1) is 0 Å². The normalized spacial score (nSPS) is 17.6. The standard InChI is InChI=1S/C12H9F3N4O/c13-12(14,15)7-2-8-6(3-17-11(8)18-4-7)1-9-16-5-10(20)19-9/h1-4,16H,5H2,(H,17,18)(H,19,20). The third-order valence-corrected chi connectivity index (χ3v) is 2.90. The van der Waals surface area contributed by atoms with E-state index in [2.05, 4.69) is 20.6 Å². The first kappa shape index (κ1) is 12.5. The van der Waals surface area contributed by atoms with Crippen molar-refractivity contribution < 1.29 is 18.0 Å². The minimum absolute atomic E-state index is 0.153. The molecule has 2 aromatic heterocycles. The van der Waals surface area contributed by atoms with Gasteiger partial charge in [-0.2, -0.15) is 13.2 Å². The molecule has 0 atom stereocenters. The molecule has 5 nitrogen and oxygen atoms in total. The van der Waals surface area contributed by atoms with Crippen LogP contribution in [0.2, 0.25) is 0 Å². The number of rotatable bonds is 1. The number of hydrogen-bond acceptors (Lipinski definition) is 3. The van der Waals surface area contributed by atoms with E-state index in [1.165, 1.54) is 6.20 Å². The molecule has 1 aliphatic heterocycles. The van der Waals surface area contributed by atoms with Crippen LogP contribution in [-0.2, 0) is 11.0 Å². The first-order chi connectivity index (χ1) is 9.43. The highest BCUT2D eigenvalue weighted by Gasteiger charge is 2.31. The largest absolute Gasteiger partial charge is 0.417 e. The zero-order valence-electron chi connectivity index (χ0n) is 10.0. The molecule has 0 bridgehead atoms. The van der Waals surface area contributed by atoms with Crippen LogP contribution in [0, 0.1) is 0 Å². The molecular formula is C12H9F3N4O. The molecule has 3 N–H and O–H groups in total.